The zero-order valence-corrected chi connectivity index (χ0v) is 17.7. The van der Waals surface area contributed by atoms with E-state index in [2.05, 4.69) is 10.3 Å². The Morgan fingerprint density at radius 2 is 1.97 bits per heavy atom. The van der Waals surface area contributed by atoms with Gasteiger partial charge in [0.2, 0.25) is 5.89 Å². The lowest BCUT2D eigenvalue weighted by Gasteiger charge is -2.09. The minimum absolute atomic E-state index is 0.0289. The van der Waals surface area contributed by atoms with Gasteiger partial charge in [-0.3, -0.25) is 4.79 Å². The molecule has 0 radical (unpaired) electrons. The topological polar surface area (TPSA) is 84.6 Å². The van der Waals surface area contributed by atoms with E-state index in [0.29, 0.717) is 40.6 Å². The zero-order chi connectivity index (χ0) is 22.0. The second-order valence-corrected chi connectivity index (χ2v) is 7.51. The van der Waals surface area contributed by atoms with Crippen molar-refractivity contribution in [1.82, 2.24) is 4.98 Å². The molecule has 6 nitrogen and oxygen atoms in total. The number of phenolic OH excluding ortho intramolecular Hbond substituents is 1. The molecule has 0 aliphatic carbocycles. The van der Waals surface area contributed by atoms with E-state index in [1.807, 2.05) is 39.0 Å². The molecule has 0 fully saturated rings. The molecule has 0 aliphatic rings. The number of benzene rings is 3. The Labute approximate surface area is 180 Å². The summed E-state index contributed by atoms with van der Waals surface area (Å²) in [6.45, 7) is 6.58. The van der Waals surface area contributed by atoms with Crippen LogP contribution in [0.15, 0.2) is 59.0 Å². The van der Waals surface area contributed by atoms with Crippen molar-refractivity contribution in [2.75, 3.05) is 11.9 Å². The molecule has 158 valence electrons. The molecule has 0 saturated heterocycles. The van der Waals surface area contributed by atoms with Crippen LogP contribution in [0.25, 0.3) is 22.6 Å². The van der Waals surface area contributed by atoms with Gasteiger partial charge in [0.25, 0.3) is 5.91 Å². The quantitative estimate of drug-likeness (QED) is 0.411. The fourth-order valence-electron chi connectivity index (χ4n) is 3.43. The number of hydrogen-bond acceptors (Lipinski definition) is 5. The summed E-state index contributed by atoms with van der Waals surface area (Å²) in [5.74, 6) is 0.662. The van der Waals surface area contributed by atoms with Crippen molar-refractivity contribution < 1.29 is 19.1 Å². The van der Waals surface area contributed by atoms with E-state index < -0.39 is 0 Å². The average Bonchev–Trinajstić information content (AvgIpc) is 3.16. The molecule has 6 heteroatoms. The van der Waals surface area contributed by atoms with Crippen molar-refractivity contribution in [2.45, 2.75) is 27.2 Å². The van der Waals surface area contributed by atoms with Gasteiger partial charge in [-0.2, -0.15) is 0 Å². The van der Waals surface area contributed by atoms with Gasteiger partial charge in [-0.25, -0.2) is 4.98 Å². The summed E-state index contributed by atoms with van der Waals surface area (Å²) in [6.07, 6.45) is 0.890. The van der Waals surface area contributed by atoms with Gasteiger partial charge in [0.15, 0.2) is 5.58 Å². The van der Waals surface area contributed by atoms with Crippen LogP contribution < -0.4 is 10.1 Å². The lowest BCUT2D eigenvalue weighted by atomic mass is 10.1. The lowest BCUT2D eigenvalue weighted by Crippen LogP contribution is -2.12. The predicted molar refractivity (Wildman–Crippen MR) is 121 cm³/mol. The number of aromatic hydroxyl groups is 1. The normalized spacial score (nSPS) is 10.9. The molecule has 0 aliphatic heterocycles. The summed E-state index contributed by atoms with van der Waals surface area (Å²) in [5.41, 5.74) is 4.92. The predicted octanol–water partition coefficient (Wildman–Crippen LogP) is 5.86. The van der Waals surface area contributed by atoms with Gasteiger partial charge < -0.3 is 19.6 Å². The molecule has 1 amide bonds. The van der Waals surface area contributed by atoms with Crippen molar-refractivity contribution in [2.24, 2.45) is 0 Å². The molecule has 0 unspecified atom stereocenters. The summed E-state index contributed by atoms with van der Waals surface area (Å²) < 4.78 is 11.5. The summed E-state index contributed by atoms with van der Waals surface area (Å²) in [4.78, 5) is 17.1. The van der Waals surface area contributed by atoms with Crippen LogP contribution in [0.3, 0.4) is 0 Å². The lowest BCUT2D eigenvalue weighted by molar-refractivity contribution is 0.102. The summed E-state index contributed by atoms with van der Waals surface area (Å²) in [5, 5.41) is 13.3. The van der Waals surface area contributed by atoms with Crippen molar-refractivity contribution in [3.63, 3.8) is 0 Å². The van der Waals surface area contributed by atoms with Crippen molar-refractivity contribution in [3.05, 3.63) is 71.3 Å². The van der Waals surface area contributed by atoms with Gasteiger partial charge in [-0.05, 0) is 67.8 Å². The molecule has 2 N–H and O–H groups in total. The fourth-order valence-corrected chi connectivity index (χ4v) is 3.43. The van der Waals surface area contributed by atoms with Gasteiger partial charge in [-0.1, -0.05) is 19.1 Å². The maximum atomic E-state index is 12.6. The highest BCUT2D eigenvalue weighted by Gasteiger charge is 2.15. The number of nitrogens with one attached hydrogen (secondary N) is 1. The Morgan fingerprint density at radius 3 is 2.74 bits per heavy atom. The van der Waals surface area contributed by atoms with Crippen LogP contribution in [0, 0.1) is 13.8 Å². The highest BCUT2D eigenvalue weighted by molar-refractivity contribution is 6.04. The largest absolute Gasteiger partial charge is 0.507 e. The number of carbonyl (C=O) groups excluding carboxylic acids is 1. The number of phenols is 1. The fraction of sp³-hybridized carbons (Fsp3) is 0.200. The number of carbonyl (C=O) groups is 1. The molecule has 1 aromatic heterocycles. The van der Waals surface area contributed by atoms with E-state index in [0.717, 1.165) is 23.1 Å². The third kappa shape index (κ3) is 4.38. The van der Waals surface area contributed by atoms with Gasteiger partial charge >= 0.3 is 0 Å². The summed E-state index contributed by atoms with van der Waals surface area (Å²) in [7, 11) is 0. The standard InChI is InChI=1S/C25H24N2O4/c1-4-10-30-19-7-5-6-17(13-19)24(29)26-18-8-9-20(22(28)14-18)25-27-21-12-15(2)11-16(3)23(21)31-25/h5-9,11-14,28H,4,10H2,1-3H3,(H,26,29). The van der Waals surface area contributed by atoms with Crippen LogP contribution in [-0.4, -0.2) is 22.6 Å². The molecule has 4 rings (SSSR count). The molecule has 4 aromatic rings. The SMILES string of the molecule is CCCOc1cccc(C(=O)Nc2ccc(-c3nc4cc(C)cc(C)c4o3)c(O)c2)c1. The number of ether oxygens (including phenoxy) is 1. The van der Waals surface area contributed by atoms with Crippen LogP contribution >= 0.6 is 0 Å². The van der Waals surface area contributed by atoms with Crippen LogP contribution in [0.5, 0.6) is 11.5 Å². The molecular formula is C25H24N2O4. The second kappa shape index (κ2) is 8.52. The van der Waals surface area contributed by atoms with E-state index in [-0.39, 0.29) is 11.7 Å². The molecular weight excluding hydrogens is 392 g/mol. The van der Waals surface area contributed by atoms with Crippen LogP contribution in [0.1, 0.15) is 34.8 Å². The Kier molecular flexibility index (Phi) is 5.62. The van der Waals surface area contributed by atoms with E-state index in [1.165, 1.54) is 6.07 Å². The van der Waals surface area contributed by atoms with Crippen molar-refractivity contribution >= 4 is 22.7 Å². The number of hydrogen-bond donors (Lipinski definition) is 2. The van der Waals surface area contributed by atoms with Gasteiger partial charge in [0.05, 0.1) is 12.2 Å². The number of aryl methyl sites for hydroxylation is 2. The smallest absolute Gasteiger partial charge is 0.255 e. The minimum Gasteiger partial charge on any atom is -0.507 e. The molecule has 0 bridgehead atoms. The molecule has 0 spiro atoms. The molecule has 3 aromatic carbocycles. The van der Waals surface area contributed by atoms with E-state index in [9.17, 15) is 9.90 Å². The molecule has 1 heterocycles. The first kappa shape index (κ1) is 20.5. The number of amides is 1. The van der Waals surface area contributed by atoms with Crippen molar-refractivity contribution in [1.29, 1.82) is 0 Å². The molecule has 0 saturated carbocycles. The number of anilines is 1. The number of aromatic nitrogens is 1. The van der Waals surface area contributed by atoms with Crippen LogP contribution in [0.2, 0.25) is 0 Å². The number of rotatable bonds is 6. The molecule has 0 atom stereocenters. The monoisotopic (exact) mass is 416 g/mol. The van der Waals surface area contributed by atoms with Crippen LogP contribution in [0.4, 0.5) is 5.69 Å². The van der Waals surface area contributed by atoms with Crippen LogP contribution in [-0.2, 0) is 0 Å². The van der Waals surface area contributed by atoms with E-state index >= 15 is 0 Å². The minimum atomic E-state index is -0.290. The number of nitrogens with zero attached hydrogens (tertiary/aromatic N) is 1. The van der Waals surface area contributed by atoms with E-state index in [4.69, 9.17) is 9.15 Å². The summed E-state index contributed by atoms with van der Waals surface area (Å²) >= 11 is 0. The van der Waals surface area contributed by atoms with Gasteiger partial charge in [-0.15, -0.1) is 0 Å². The highest BCUT2D eigenvalue weighted by Crippen LogP contribution is 2.34. The third-order valence-electron chi connectivity index (χ3n) is 4.88. The summed E-state index contributed by atoms with van der Waals surface area (Å²) in [6, 6.07) is 15.8. The Hall–Kier alpha value is -3.80. The first-order valence-corrected chi connectivity index (χ1v) is 10.2. The first-order chi connectivity index (χ1) is 14.9. The van der Waals surface area contributed by atoms with Gasteiger partial charge in [0.1, 0.15) is 17.0 Å². The second-order valence-electron chi connectivity index (χ2n) is 7.51. The maximum Gasteiger partial charge on any atom is 0.255 e. The van der Waals surface area contributed by atoms with Gasteiger partial charge in [0, 0.05) is 17.3 Å². The first-order valence-electron chi connectivity index (χ1n) is 10.2. The Morgan fingerprint density at radius 1 is 1.13 bits per heavy atom. The number of oxazole rings is 1. The Bertz CT molecular complexity index is 1260. The highest BCUT2D eigenvalue weighted by atomic mass is 16.5. The zero-order valence-electron chi connectivity index (χ0n) is 17.7. The Balaban J connectivity index is 1.55. The number of fused-ring (bicyclic) bond motifs is 1. The maximum absolute atomic E-state index is 12.6. The van der Waals surface area contributed by atoms with Crippen molar-refractivity contribution in [3.8, 4) is 23.0 Å². The third-order valence-corrected chi connectivity index (χ3v) is 4.88. The average molecular weight is 416 g/mol. The van der Waals surface area contributed by atoms with E-state index in [1.54, 1.807) is 30.3 Å². The molecule has 31 heavy (non-hydrogen) atoms.